The highest BCUT2D eigenvalue weighted by Gasteiger charge is 2.21. The van der Waals surface area contributed by atoms with Crippen LogP contribution in [0.25, 0.3) is 22.2 Å². The summed E-state index contributed by atoms with van der Waals surface area (Å²) in [6, 6.07) is 17.7. The van der Waals surface area contributed by atoms with Crippen LogP contribution in [0.4, 0.5) is 5.69 Å². The number of fused-ring (bicyclic) bond motifs is 1. The van der Waals surface area contributed by atoms with Gasteiger partial charge < -0.3 is 5.32 Å². The molecule has 1 amide bonds. The zero-order valence-corrected chi connectivity index (χ0v) is 19.2. The van der Waals surface area contributed by atoms with E-state index in [0.29, 0.717) is 10.6 Å². The van der Waals surface area contributed by atoms with Gasteiger partial charge in [-0.05, 0) is 81.1 Å². The van der Waals surface area contributed by atoms with Crippen molar-refractivity contribution in [3.05, 3.63) is 93.0 Å². The Hall–Kier alpha value is -3.17. The first-order valence-electron chi connectivity index (χ1n) is 10.3. The highest BCUT2D eigenvalue weighted by atomic mass is 35.5. The quantitative estimate of drug-likeness (QED) is 0.370. The number of anilines is 1. The van der Waals surface area contributed by atoms with Crippen molar-refractivity contribution in [2.75, 3.05) is 5.32 Å². The number of aromatic nitrogens is 1. The fourth-order valence-corrected chi connectivity index (χ4v) is 4.29. The maximum atomic E-state index is 13.6. The molecule has 0 atom stereocenters. The van der Waals surface area contributed by atoms with E-state index in [-0.39, 0.29) is 5.91 Å². The summed E-state index contributed by atoms with van der Waals surface area (Å²) >= 11 is 6.25. The first-order valence-corrected chi connectivity index (χ1v) is 10.7. The number of halogens is 1. The number of hydrogen-bond acceptors (Lipinski definition) is 2. The molecule has 4 heteroatoms. The third-order valence-corrected chi connectivity index (χ3v) is 6.08. The van der Waals surface area contributed by atoms with Gasteiger partial charge in [-0.15, -0.1) is 0 Å². The number of carbonyl (C=O) groups is 1. The lowest BCUT2D eigenvalue weighted by molar-refractivity contribution is 0.102. The topological polar surface area (TPSA) is 42.0 Å². The molecule has 3 nitrogen and oxygen atoms in total. The van der Waals surface area contributed by atoms with Crippen molar-refractivity contribution in [2.45, 2.75) is 34.6 Å². The largest absolute Gasteiger partial charge is 0.322 e. The summed E-state index contributed by atoms with van der Waals surface area (Å²) in [5, 5.41) is 4.64. The standard InChI is InChI=1S/C27H25ClN2O/c1-15-12-17(3)25-22(13-15)24(27(31)29-23-11-6-8-16(2)18(23)4)19(5)26(30-25)20-9-7-10-21(28)14-20/h6-14H,1-5H3,(H,29,31). The van der Waals surface area contributed by atoms with Crippen molar-refractivity contribution in [1.82, 2.24) is 4.98 Å². The minimum atomic E-state index is -0.133. The lowest BCUT2D eigenvalue weighted by atomic mass is 9.94. The van der Waals surface area contributed by atoms with Gasteiger partial charge in [0.1, 0.15) is 0 Å². The van der Waals surface area contributed by atoms with Crippen LogP contribution in [0.2, 0.25) is 5.02 Å². The molecular weight excluding hydrogens is 404 g/mol. The van der Waals surface area contributed by atoms with Gasteiger partial charge in [-0.2, -0.15) is 0 Å². The monoisotopic (exact) mass is 428 g/mol. The molecule has 3 aromatic carbocycles. The Balaban J connectivity index is 1.97. The number of benzene rings is 3. The maximum Gasteiger partial charge on any atom is 0.256 e. The Labute approximate surface area is 188 Å². The summed E-state index contributed by atoms with van der Waals surface area (Å²) in [4.78, 5) is 18.6. The van der Waals surface area contributed by atoms with Gasteiger partial charge in [0.2, 0.25) is 0 Å². The van der Waals surface area contributed by atoms with Crippen molar-refractivity contribution in [3.63, 3.8) is 0 Å². The fourth-order valence-electron chi connectivity index (χ4n) is 4.10. The minimum absolute atomic E-state index is 0.133. The summed E-state index contributed by atoms with van der Waals surface area (Å²) in [5.74, 6) is -0.133. The number of aryl methyl sites for hydroxylation is 3. The second-order valence-electron chi connectivity index (χ2n) is 8.15. The average molecular weight is 429 g/mol. The third-order valence-electron chi connectivity index (χ3n) is 5.85. The summed E-state index contributed by atoms with van der Waals surface area (Å²) in [6.07, 6.45) is 0. The van der Waals surface area contributed by atoms with Gasteiger partial charge in [-0.3, -0.25) is 4.79 Å². The first kappa shape index (κ1) is 21.1. The number of nitrogens with one attached hydrogen (secondary N) is 1. The number of rotatable bonds is 3. The van der Waals surface area contributed by atoms with E-state index >= 15 is 0 Å². The van der Waals surface area contributed by atoms with Crippen LogP contribution in [-0.4, -0.2) is 10.9 Å². The molecule has 0 saturated heterocycles. The summed E-state index contributed by atoms with van der Waals surface area (Å²) in [6.45, 7) is 10.1. The van der Waals surface area contributed by atoms with Gasteiger partial charge in [0.15, 0.2) is 0 Å². The molecule has 0 aliphatic rings. The Bertz CT molecular complexity index is 1340. The molecule has 156 valence electrons. The van der Waals surface area contributed by atoms with Crippen LogP contribution in [0, 0.1) is 34.6 Å². The fraction of sp³-hybridized carbons (Fsp3) is 0.185. The Morgan fingerprint density at radius 1 is 0.871 bits per heavy atom. The minimum Gasteiger partial charge on any atom is -0.322 e. The van der Waals surface area contributed by atoms with Gasteiger partial charge in [-0.25, -0.2) is 4.98 Å². The molecule has 0 bridgehead atoms. The van der Waals surface area contributed by atoms with Crippen LogP contribution >= 0.6 is 11.6 Å². The number of carbonyl (C=O) groups excluding carboxylic acids is 1. The molecule has 0 spiro atoms. The van der Waals surface area contributed by atoms with E-state index in [1.807, 2.05) is 83.1 Å². The molecule has 1 heterocycles. The van der Waals surface area contributed by atoms with E-state index in [1.54, 1.807) is 0 Å². The normalized spacial score (nSPS) is 11.0. The molecule has 0 unspecified atom stereocenters. The van der Waals surface area contributed by atoms with Gasteiger partial charge in [0.05, 0.1) is 16.8 Å². The van der Waals surface area contributed by atoms with E-state index in [1.165, 1.54) is 0 Å². The molecular formula is C27H25ClN2O. The molecule has 0 aliphatic heterocycles. The molecule has 4 rings (SSSR count). The number of pyridine rings is 1. The number of amides is 1. The van der Waals surface area contributed by atoms with Crippen LogP contribution in [0.3, 0.4) is 0 Å². The zero-order valence-electron chi connectivity index (χ0n) is 18.4. The van der Waals surface area contributed by atoms with Crippen LogP contribution < -0.4 is 5.32 Å². The lowest BCUT2D eigenvalue weighted by Crippen LogP contribution is -2.16. The van der Waals surface area contributed by atoms with E-state index in [4.69, 9.17) is 16.6 Å². The lowest BCUT2D eigenvalue weighted by Gasteiger charge is -2.17. The zero-order chi connectivity index (χ0) is 22.3. The number of nitrogens with zero attached hydrogens (tertiary/aromatic N) is 1. The van der Waals surface area contributed by atoms with Gasteiger partial charge in [-0.1, -0.05) is 47.5 Å². The van der Waals surface area contributed by atoms with Crippen molar-refractivity contribution in [2.24, 2.45) is 0 Å². The van der Waals surface area contributed by atoms with Gasteiger partial charge in [0, 0.05) is 21.7 Å². The molecule has 4 aromatic rings. The predicted molar refractivity (Wildman–Crippen MR) is 130 cm³/mol. The molecule has 0 radical (unpaired) electrons. The van der Waals surface area contributed by atoms with Crippen molar-refractivity contribution in [3.8, 4) is 11.3 Å². The van der Waals surface area contributed by atoms with Crippen molar-refractivity contribution < 1.29 is 4.79 Å². The van der Waals surface area contributed by atoms with Gasteiger partial charge >= 0.3 is 0 Å². The second kappa shape index (κ2) is 8.16. The molecule has 1 aromatic heterocycles. The van der Waals surface area contributed by atoms with Crippen molar-refractivity contribution >= 4 is 34.1 Å². The SMILES string of the molecule is Cc1cc(C)c2nc(-c3cccc(Cl)c3)c(C)c(C(=O)Nc3cccc(C)c3C)c2c1. The van der Waals surface area contributed by atoms with E-state index in [2.05, 4.69) is 11.4 Å². The van der Waals surface area contributed by atoms with Gasteiger partial charge in [0.25, 0.3) is 5.91 Å². The third kappa shape index (κ3) is 3.94. The summed E-state index contributed by atoms with van der Waals surface area (Å²) in [7, 11) is 0. The van der Waals surface area contributed by atoms with Crippen molar-refractivity contribution in [1.29, 1.82) is 0 Å². The Kier molecular flexibility index (Phi) is 5.55. The Morgan fingerprint density at radius 2 is 1.61 bits per heavy atom. The predicted octanol–water partition coefficient (Wildman–Crippen LogP) is 7.35. The highest BCUT2D eigenvalue weighted by molar-refractivity contribution is 6.30. The smallest absolute Gasteiger partial charge is 0.256 e. The van der Waals surface area contributed by atoms with Crippen LogP contribution in [0.15, 0.2) is 54.6 Å². The van der Waals surface area contributed by atoms with E-state index < -0.39 is 0 Å². The van der Waals surface area contributed by atoms with E-state index in [0.717, 1.165) is 55.7 Å². The molecule has 0 saturated carbocycles. The molecule has 1 N–H and O–H groups in total. The summed E-state index contributed by atoms with van der Waals surface area (Å²) < 4.78 is 0. The number of hydrogen-bond donors (Lipinski definition) is 1. The molecule has 0 fully saturated rings. The van der Waals surface area contributed by atoms with E-state index in [9.17, 15) is 4.79 Å². The highest BCUT2D eigenvalue weighted by Crippen LogP contribution is 2.33. The first-order chi connectivity index (χ1) is 14.8. The van der Waals surface area contributed by atoms with Crippen LogP contribution in [-0.2, 0) is 0 Å². The second-order valence-corrected chi connectivity index (χ2v) is 8.59. The molecule has 0 aliphatic carbocycles. The Morgan fingerprint density at radius 3 is 2.35 bits per heavy atom. The average Bonchev–Trinajstić information content (AvgIpc) is 2.71. The van der Waals surface area contributed by atoms with Crippen LogP contribution in [0.5, 0.6) is 0 Å². The summed E-state index contributed by atoms with van der Waals surface area (Å²) in [5.41, 5.74) is 9.15. The maximum absolute atomic E-state index is 13.6. The van der Waals surface area contributed by atoms with Crippen LogP contribution in [0.1, 0.15) is 38.2 Å². The molecule has 31 heavy (non-hydrogen) atoms.